The number of nitrogens with one attached hydrogen (secondary N) is 1. The van der Waals surface area contributed by atoms with E-state index < -0.39 is 69.3 Å². The van der Waals surface area contributed by atoms with Crippen molar-refractivity contribution in [1.82, 2.24) is 20.1 Å². The molecule has 4 atom stereocenters. The molecule has 0 aliphatic carbocycles. The van der Waals surface area contributed by atoms with Crippen molar-refractivity contribution in [2.24, 2.45) is 17.3 Å². The Hall–Kier alpha value is -3.61. The minimum Gasteiger partial charge on any atom is -0.461 e. The van der Waals surface area contributed by atoms with Gasteiger partial charge in [0.1, 0.15) is 18.2 Å². The first-order chi connectivity index (χ1) is 24.9. The Balaban J connectivity index is 1.65. The maximum absolute atomic E-state index is 13.5. The molecule has 1 N–H and O–H groups in total. The Morgan fingerprint density at radius 2 is 1.67 bits per heavy atom. The summed E-state index contributed by atoms with van der Waals surface area (Å²) in [5.41, 5.74) is 0.427. The van der Waals surface area contributed by atoms with E-state index in [0.717, 1.165) is 10.9 Å². The van der Waals surface area contributed by atoms with Crippen molar-refractivity contribution in [2.75, 3.05) is 26.7 Å². The molecule has 1 aromatic heterocycles. The number of carbonyl (C=O) groups excluding carboxylic acids is 5. The quantitative estimate of drug-likeness (QED) is 0.132. The minimum atomic E-state index is -1.75. The Labute approximate surface area is 333 Å². The predicted octanol–water partition coefficient (Wildman–Crippen LogP) is 7.43. The molecule has 3 amide bonds. The molecule has 3 rings (SSSR count). The number of hydrogen-bond donors (Lipinski definition) is 1. The Bertz CT molecular complexity index is 1720. The summed E-state index contributed by atoms with van der Waals surface area (Å²) in [7, 11) is 1.67. The topological polar surface area (TPSA) is 144 Å². The molecule has 0 unspecified atom stereocenters. The molecule has 1 aromatic carbocycles. The van der Waals surface area contributed by atoms with E-state index in [1.54, 1.807) is 46.9 Å². The maximum atomic E-state index is 13.5. The predicted molar refractivity (Wildman–Crippen MR) is 210 cm³/mol. The van der Waals surface area contributed by atoms with Crippen LogP contribution in [0, 0.1) is 17.3 Å². The van der Waals surface area contributed by atoms with Crippen LogP contribution in [0.1, 0.15) is 92.5 Å². The maximum Gasteiger partial charge on any atom is 0.410 e. The number of rotatable bonds is 12. The SMILES string of the molecule is CC(C)[C@H](OC(=O)C(C)(C)/C=C/c1ccc2ccc([C@@H](C)N(C)C(=O)OC(C)(C)C)nc2c1)C(=O)N[C@@H](C)C(=O)N1CCC[C@@H](C(=O)OCC(Cl)(Cl)Cl)C1. The Kier molecular flexibility index (Phi) is 15.2. The lowest BCUT2D eigenvalue weighted by Gasteiger charge is -2.34. The van der Waals surface area contributed by atoms with Crippen LogP contribution >= 0.6 is 34.8 Å². The van der Waals surface area contributed by atoms with Gasteiger partial charge in [-0.3, -0.25) is 24.2 Å². The second kappa shape index (κ2) is 18.3. The zero-order valence-corrected chi connectivity index (χ0v) is 35.0. The summed E-state index contributed by atoms with van der Waals surface area (Å²) in [6.45, 7) is 15.8. The number of piperidine rings is 1. The van der Waals surface area contributed by atoms with Gasteiger partial charge in [-0.2, -0.15) is 0 Å². The summed E-state index contributed by atoms with van der Waals surface area (Å²) in [5.74, 6) is -3.19. The first-order valence-corrected chi connectivity index (χ1v) is 19.1. The van der Waals surface area contributed by atoms with Gasteiger partial charge in [-0.05, 0) is 84.9 Å². The van der Waals surface area contributed by atoms with Crippen molar-refractivity contribution in [3.05, 3.63) is 47.7 Å². The number of pyridine rings is 1. The van der Waals surface area contributed by atoms with Crippen LogP contribution in [0.15, 0.2) is 36.4 Å². The van der Waals surface area contributed by atoms with Crippen LogP contribution in [0.3, 0.4) is 0 Å². The normalized spacial score (nSPS) is 17.1. The molecule has 0 saturated carbocycles. The molecule has 54 heavy (non-hydrogen) atoms. The van der Waals surface area contributed by atoms with Crippen LogP contribution in [0.25, 0.3) is 17.0 Å². The van der Waals surface area contributed by atoms with Crippen molar-refractivity contribution in [2.45, 2.75) is 103 Å². The van der Waals surface area contributed by atoms with E-state index in [4.69, 9.17) is 54.0 Å². The number of esters is 2. The lowest BCUT2D eigenvalue weighted by Crippen LogP contribution is -2.53. The van der Waals surface area contributed by atoms with Gasteiger partial charge >= 0.3 is 18.0 Å². The number of halogens is 3. The number of benzene rings is 1. The lowest BCUT2D eigenvalue weighted by molar-refractivity contribution is -0.165. The molecule has 15 heteroatoms. The summed E-state index contributed by atoms with van der Waals surface area (Å²) in [4.78, 5) is 73.1. The number of likely N-dealkylation sites (tertiary alicyclic amines) is 1. The highest BCUT2D eigenvalue weighted by atomic mass is 35.6. The Morgan fingerprint density at radius 1 is 1.02 bits per heavy atom. The monoisotopic (exact) mass is 810 g/mol. The molecule has 1 saturated heterocycles. The lowest BCUT2D eigenvalue weighted by atomic mass is 9.92. The highest BCUT2D eigenvalue weighted by Gasteiger charge is 2.37. The number of aromatic nitrogens is 1. The smallest absolute Gasteiger partial charge is 0.410 e. The average Bonchev–Trinajstić information content (AvgIpc) is 3.09. The van der Waals surface area contributed by atoms with Gasteiger partial charge in [0.15, 0.2) is 6.10 Å². The van der Waals surface area contributed by atoms with Crippen molar-refractivity contribution < 1.29 is 38.2 Å². The largest absolute Gasteiger partial charge is 0.461 e. The number of ether oxygens (including phenoxy) is 3. The van der Waals surface area contributed by atoms with E-state index in [1.165, 1.54) is 16.7 Å². The van der Waals surface area contributed by atoms with Gasteiger partial charge in [0.25, 0.3) is 5.91 Å². The van der Waals surface area contributed by atoms with Crippen molar-refractivity contribution in [1.29, 1.82) is 0 Å². The minimum absolute atomic E-state index is 0.0971. The number of nitrogens with zero attached hydrogens (tertiary/aromatic N) is 3. The molecule has 0 spiro atoms. The van der Waals surface area contributed by atoms with Crippen molar-refractivity contribution >= 4 is 81.6 Å². The number of hydrogen-bond acceptors (Lipinski definition) is 9. The van der Waals surface area contributed by atoms with Gasteiger partial charge in [0.2, 0.25) is 9.70 Å². The second-order valence-electron chi connectivity index (χ2n) is 15.7. The van der Waals surface area contributed by atoms with Gasteiger partial charge in [-0.25, -0.2) is 4.79 Å². The molecule has 2 heterocycles. The van der Waals surface area contributed by atoms with Gasteiger partial charge in [0, 0.05) is 25.5 Å². The molecular weight excluding hydrogens is 759 g/mol. The van der Waals surface area contributed by atoms with E-state index in [-0.39, 0.29) is 18.5 Å². The molecule has 0 bridgehead atoms. The third-order valence-corrected chi connectivity index (χ3v) is 9.25. The molecule has 298 valence electrons. The van der Waals surface area contributed by atoms with Crippen LogP contribution in [0.2, 0.25) is 0 Å². The highest BCUT2D eigenvalue weighted by Crippen LogP contribution is 2.29. The number of amides is 3. The summed E-state index contributed by atoms with van der Waals surface area (Å²) in [5, 5.41) is 3.59. The third-order valence-electron chi connectivity index (χ3n) is 8.92. The number of fused-ring (bicyclic) bond motifs is 1. The molecule has 2 aromatic rings. The van der Waals surface area contributed by atoms with Crippen LogP contribution in [0.4, 0.5) is 4.79 Å². The van der Waals surface area contributed by atoms with E-state index in [2.05, 4.69) is 5.32 Å². The van der Waals surface area contributed by atoms with Crippen LogP contribution < -0.4 is 5.32 Å². The van der Waals surface area contributed by atoms with E-state index in [9.17, 15) is 24.0 Å². The zero-order valence-electron chi connectivity index (χ0n) is 32.7. The fourth-order valence-corrected chi connectivity index (χ4v) is 5.74. The summed E-state index contributed by atoms with van der Waals surface area (Å²) in [6.07, 6.45) is 2.93. The van der Waals surface area contributed by atoms with E-state index in [1.807, 2.05) is 58.0 Å². The average molecular weight is 812 g/mol. The van der Waals surface area contributed by atoms with Crippen LogP contribution in [-0.4, -0.2) is 92.9 Å². The van der Waals surface area contributed by atoms with Gasteiger partial charge in [-0.1, -0.05) is 79.0 Å². The fourth-order valence-electron chi connectivity index (χ4n) is 5.58. The first kappa shape index (κ1) is 44.8. The van der Waals surface area contributed by atoms with Gasteiger partial charge < -0.3 is 29.3 Å². The fraction of sp³-hybridized carbons (Fsp3) is 0.590. The number of carbonyl (C=O) groups is 5. The summed E-state index contributed by atoms with van der Waals surface area (Å²) in [6, 6.07) is 8.22. The van der Waals surface area contributed by atoms with E-state index >= 15 is 0 Å². The molecular formula is C39H53Cl3N4O8. The highest BCUT2D eigenvalue weighted by molar-refractivity contribution is 6.67. The van der Waals surface area contributed by atoms with Crippen molar-refractivity contribution in [3.8, 4) is 0 Å². The molecule has 1 aliphatic rings. The molecule has 12 nitrogen and oxygen atoms in total. The van der Waals surface area contributed by atoms with E-state index in [0.29, 0.717) is 30.6 Å². The van der Waals surface area contributed by atoms with Gasteiger partial charge in [-0.15, -0.1) is 0 Å². The zero-order chi connectivity index (χ0) is 40.8. The number of alkyl halides is 3. The summed E-state index contributed by atoms with van der Waals surface area (Å²) >= 11 is 17.1. The molecule has 0 radical (unpaired) electrons. The molecule has 1 aliphatic heterocycles. The van der Waals surface area contributed by atoms with Crippen molar-refractivity contribution in [3.63, 3.8) is 0 Å². The molecule has 1 fully saturated rings. The first-order valence-electron chi connectivity index (χ1n) is 18.0. The second-order valence-corrected chi connectivity index (χ2v) is 18.2. The van der Waals surface area contributed by atoms with Gasteiger partial charge in [0.05, 0.1) is 28.6 Å². The summed E-state index contributed by atoms with van der Waals surface area (Å²) < 4.78 is 14.6. The standard InChI is InChI=1S/C39H53Cl3N4O8/c1-23(2)31(32(47)43-24(3)33(48)46-19-11-12-28(21-46)34(49)52-22-39(40,41)42)53-35(50)38(8,9)18-17-26-13-14-27-15-16-29(44-30(27)20-26)25(4)45(10)36(51)54-37(5,6)7/h13-18,20,23-25,28,31H,11-12,19,21-22H2,1-10H3,(H,43,47)/b18-17+/t24-,25+,28+,31-/m0/s1. The Morgan fingerprint density at radius 3 is 2.28 bits per heavy atom. The van der Waals surface area contributed by atoms with Crippen LogP contribution in [0.5, 0.6) is 0 Å². The van der Waals surface area contributed by atoms with Crippen LogP contribution in [-0.2, 0) is 33.4 Å². The third kappa shape index (κ3) is 13.0.